The second kappa shape index (κ2) is 9.88. The number of hydrogen-bond acceptors (Lipinski definition) is 6. The summed E-state index contributed by atoms with van der Waals surface area (Å²) in [6, 6.07) is 9.97. The first kappa shape index (κ1) is 24.4. The zero-order valence-electron chi connectivity index (χ0n) is 17.4. The van der Waals surface area contributed by atoms with Gasteiger partial charge in [0.25, 0.3) is 5.56 Å². The maximum absolute atomic E-state index is 13.6. The molecule has 1 aromatic heterocycles. The zero-order chi connectivity index (χ0) is 23.9. The smallest absolute Gasteiger partial charge is 0.338 e. The van der Waals surface area contributed by atoms with Gasteiger partial charge in [-0.3, -0.25) is 9.36 Å². The largest absolute Gasteiger partial charge is 0.506 e. The van der Waals surface area contributed by atoms with E-state index in [4.69, 9.17) is 16.3 Å². The predicted molar refractivity (Wildman–Crippen MR) is 145 cm³/mol. The van der Waals surface area contributed by atoms with Gasteiger partial charge >= 0.3 is 5.97 Å². The van der Waals surface area contributed by atoms with Crippen LogP contribution in [0.5, 0.6) is 5.75 Å². The molecule has 10 heteroatoms. The van der Waals surface area contributed by atoms with E-state index in [2.05, 4.69) is 50.2 Å². The van der Waals surface area contributed by atoms with Crippen LogP contribution < -0.4 is 14.9 Å². The topological polar surface area (TPSA) is 80.9 Å². The summed E-state index contributed by atoms with van der Waals surface area (Å²) < 4.78 is 8.83. The van der Waals surface area contributed by atoms with Gasteiger partial charge in [-0.05, 0) is 94.9 Å². The van der Waals surface area contributed by atoms with E-state index in [0.29, 0.717) is 34.8 Å². The van der Waals surface area contributed by atoms with Crippen LogP contribution in [-0.2, 0) is 9.53 Å². The minimum absolute atomic E-state index is 0.111. The Bertz CT molecular complexity index is 1480. The number of hydrogen-bond donors (Lipinski definition) is 1. The Kier molecular flexibility index (Phi) is 7.32. The fourth-order valence-corrected chi connectivity index (χ4v) is 6.64. The van der Waals surface area contributed by atoms with Gasteiger partial charge in [0.1, 0.15) is 5.75 Å². The summed E-state index contributed by atoms with van der Waals surface area (Å²) in [5, 5.41) is 11.0. The molecule has 1 atom stereocenters. The predicted octanol–water partition coefficient (Wildman–Crippen LogP) is 4.37. The highest BCUT2D eigenvalue weighted by Crippen LogP contribution is 2.31. The molecule has 3 aromatic rings. The van der Waals surface area contributed by atoms with Gasteiger partial charge in [0, 0.05) is 14.2 Å². The third-order valence-corrected chi connectivity index (χ3v) is 7.73. The van der Waals surface area contributed by atoms with Crippen LogP contribution in [0.25, 0.3) is 6.08 Å². The number of carbonyl (C=O) groups is 1. The molecule has 1 N–H and O–H groups in total. The van der Waals surface area contributed by atoms with Crippen molar-refractivity contribution in [3.05, 3.63) is 90.6 Å². The third-order valence-electron chi connectivity index (χ3n) is 5.05. The number of halogens is 3. The lowest BCUT2D eigenvalue weighted by molar-refractivity contribution is -0.139. The van der Waals surface area contributed by atoms with E-state index in [0.717, 1.165) is 9.13 Å². The molecule has 0 saturated carbocycles. The summed E-state index contributed by atoms with van der Waals surface area (Å²) in [5.41, 5.74) is 1.76. The second-order valence-electron chi connectivity index (χ2n) is 7.18. The molecule has 1 aliphatic rings. The number of ether oxygens (including phenoxy) is 1. The molecule has 33 heavy (non-hydrogen) atoms. The lowest BCUT2D eigenvalue weighted by Gasteiger charge is -2.24. The van der Waals surface area contributed by atoms with E-state index in [9.17, 15) is 14.7 Å². The van der Waals surface area contributed by atoms with Gasteiger partial charge in [0.15, 0.2) is 4.80 Å². The van der Waals surface area contributed by atoms with Crippen molar-refractivity contribution in [2.45, 2.75) is 19.9 Å². The van der Waals surface area contributed by atoms with Gasteiger partial charge in [0.2, 0.25) is 0 Å². The quantitative estimate of drug-likeness (QED) is 0.323. The van der Waals surface area contributed by atoms with Crippen molar-refractivity contribution in [1.29, 1.82) is 0 Å². The van der Waals surface area contributed by atoms with Crippen molar-refractivity contribution in [3.63, 3.8) is 0 Å². The summed E-state index contributed by atoms with van der Waals surface area (Å²) in [6.45, 7) is 3.67. The van der Waals surface area contributed by atoms with Gasteiger partial charge in [0.05, 0.1) is 32.0 Å². The van der Waals surface area contributed by atoms with Gasteiger partial charge < -0.3 is 9.84 Å². The van der Waals surface area contributed by atoms with E-state index < -0.39 is 12.0 Å². The molecular formula is C23H17ClI2N2O4S. The van der Waals surface area contributed by atoms with Crippen molar-refractivity contribution < 1.29 is 14.6 Å². The minimum Gasteiger partial charge on any atom is -0.506 e. The Labute approximate surface area is 225 Å². The van der Waals surface area contributed by atoms with E-state index in [1.165, 1.54) is 15.9 Å². The number of thiazole rings is 1. The first-order chi connectivity index (χ1) is 15.7. The second-order valence-corrected chi connectivity index (χ2v) is 11.0. The van der Waals surface area contributed by atoms with Crippen LogP contribution >= 0.6 is 68.1 Å². The lowest BCUT2D eigenvalue weighted by Crippen LogP contribution is -2.39. The maximum atomic E-state index is 13.6. The number of phenolic OH excluding ortho intramolecular Hbond substituents is 1. The highest BCUT2D eigenvalue weighted by molar-refractivity contribution is 14.1. The van der Waals surface area contributed by atoms with Gasteiger partial charge in [-0.15, -0.1) is 0 Å². The molecule has 0 aliphatic carbocycles. The van der Waals surface area contributed by atoms with Crippen LogP contribution in [0.1, 0.15) is 31.0 Å². The average Bonchev–Trinajstić information content (AvgIpc) is 3.06. The summed E-state index contributed by atoms with van der Waals surface area (Å²) in [5.74, 6) is -0.405. The lowest BCUT2D eigenvalue weighted by atomic mass is 9.96. The molecule has 1 aliphatic heterocycles. The molecule has 0 spiro atoms. The van der Waals surface area contributed by atoms with Gasteiger partial charge in [-0.2, -0.15) is 0 Å². The van der Waals surface area contributed by atoms with Crippen molar-refractivity contribution in [1.82, 2.24) is 4.57 Å². The maximum Gasteiger partial charge on any atom is 0.338 e. The van der Waals surface area contributed by atoms with Gasteiger partial charge in [-0.25, -0.2) is 9.79 Å². The molecule has 0 fully saturated rings. The summed E-state index contributed by atoms with van der Waals surface area (Å²) in [6.07, 6.45) is 1.66. The summed E-state index contributed by atoms with van der Waals surface area (Å²) in [4.78, 5) is 31.5. The fraction of sp³-hybridized carbons (Fsp3) is 0.174. The number of phenols is 1. The van der Waals surface area contributed by atoms with Crippen LogP contribution in [0.3, 0.4) is 0 Å². The molecule has 0 radical (unpaired) electrons. The Morgan fingerprint density at radius 2 is 2.00 bits per heavy atom. The molecule has 170 valence electrons. The van der Waals surface area contributed by atoms with Crippen molar-refractivity contribution in [3.8, 4) is 5.75 Å². The van der Waals surface area contributed by atoms with E-state index in [-0.39, 0.29) is 17.9 Å². The van der Waals surface area contributed by atoms with E-state index >= 15 is 0 Å². The number of nitrogens with zero attached hydrogens (tertiary/aromatic N) is 2. The standard InChI is InChI=1S/C23H17ClI2N2O4S/c1-3-32-22(31)18-11(2)27-23-28(19(18)12-4-6-14(24)7-5-12)21(30)17(33-23)9-13-8-15(25)10-16(26)20(13)29/h4-10,19,29H,3H2,1-2H3/b17-9+. The molecule has 2 aromatic carbocycles. The van der Waals surface area contributed by atoms with Crippen LogP contribution in [0.2, 0.25) is 5.02 Å². The Hall–Kier alpha value is -1.70. The Morgan fingerprint density at radius 3 is 2.67 bits per heavy atom. The Balaban J connectivity index is 1.98. The van der Waals surface area contributed by atoms with Crippen LogP contribution in [0.4, 0.5) is 0 Å². The van der Waals surface area contributed by atoms with E-state index in [1.54, 1.807) is 44.2 Å². The Morgan fingerprint density at radius 1 is 1.30 bits per heavy atom. The minimum atomic E-state index is -0.704. The number of aromatic hydroxyl groups is 1. The van der Waals surface area contributed by atoms with Crippen molar-refractivity contribution >= 4 is 80.2 Å². The monoisotopic (exact) mass is 706 g/mol. The van der Waals surface area contributed by atoms with Gasteiger partial charge in [-0.1, -0.05) is 35.1 Å². The highest BCUT2D eigenvalue weighted by atomic mass is 127. The molecule has 4 rings (SSSR count). The SMILES string of the molecule is CCOC(=O)C1=C(C)N=c2s/c(=C/c3cc(I)cc(I)c3O)c(=O)n2C1c1ccc(Cl)cc1. The molecule has 1 unspecified atom stereocenters. The van der Waals surface area contributed by atoms with Crippen molar-refractivity contribution in [2.75, 3.05) is 6.61 Å². The van der Waals surface area contributed by atoms with Crippen LogP contribution in [-0.4, -0.2) is 22.2 Å². The van der Waals surface area contributed by atoms with Crippen LogP contribution in [0.15, 0.2) is 57.5 Å². The average molecular weight is 707 g/mol. The first-order valence-electron chi connectivity index (χ1n) is 9.84. The molecule has 0 saturated heterocycles. The normalized spacial score (nSPS) is 15.9. The third kappa shape index (κ3) is 4.77. The number of carbonyl (C=O) groups excluding carboxylic acids is 1. The number of rotatable bonds is 4. The zero-order valence-corrected chi connectivity index (χ0v) is 23.3. The number of fused-ring (bicyclic) bond motifs is 1. The fourth-order valence-electron chi connectivity index (χ4n) is 3.59. The molecule has 6 nitrogen and oxygen atoms in total. The van der Waals surface area contributed by atoms with E-state index in [1.807, 2.05) is 12.1 Å². The first-order valence-corrected chi connectivity index (χ1v) is 13.2. The molecule has 0 amide bonds. The molecule has 2 heterocycles. The number of esters is 1. The molecular weight excluding hydrogens is 690 g/mol. The number of allylic oxidation sites excluding steroid dienone is 1. The van der Waals surface area contributed by atoms with Crippen molar-refractivity contribution in [2.24, 2.45) is 4.99 Å². The summed E-state index contributed by atoms with van der Waals surface area (Å²) >= 11 is 11.5. The summed E-state index contributed by atoms with van der Waals surface area (Å²) in [7, 11) is 0. The number of benzene rings is 2. The number of aromatic nitrogens is 1. The highest BCUT2D eigenvalue weighted by Gasteiger charge is 2.33. The molecule has 0 bridgehead atoms. The van der Waals surface area contributed by atoms with Crippen LogP contribution in [0, 0.1) is 7.14 Å².